The first-order valence-electron chi connectivity index (χ1n) is 9.38. The largest absolute Gasteiger partial charge is 0.487 e. The SMILES string of the molecule is Cc1cccn2cc(COc3ccc(CN4CC[C@H](OC(F)F)C4)cc3)nc12. The first-order valence-corrected chi connectivity index (χ1v) is 9.38. The van der Waals surface area contributed by atoms with Gasteiger partial charge in [-0.15, -0.1) is 0 Å². The van der Waals surface area contributed by atoms with Gasteiger partial charge in [0, 0.05) is 32.0 Å². The average Bonchev–Trinajstić information content (AvgIpc) is 3.28. The quantitative estimate of drug-likeness (QED) is 0.614. The Morgan fingerprint density at radius 3 is 2.79 bits per heavy atom. The van der Waals surface area contributed by atoms with Crippen molar-refractivity contribution in [3.05, 3.63) is 65.6 Å². The molecule has 148 valence electrons. The van der Waals surface area contributed by atoms with Crippen LogP contribution >= 0.6 is 0 Å². The molecule has 1 atom stereocenters. The monoisotopic (exact) mass is 387 g/mol. The molecule has 0 radical (unpaired) electrons. The van der Waals surface area contributed by atoms with Crippen LogP contribution in [0.1, 0.15) is 23.2 Å². The van der Waals surface area contributed by atoms with E-state index in [0.29, 0.717) is 19.6 Å². The minimum atomic E-state index is -2.70. The summed E-state index contributed by atoms with van der Waals surface area (Å²) in [4.78, 5) is 6.73. The highest BCUT2D eigenvalue weighted by Gasteiger charge is 2.25. The molecule has 0 saturated carbocycles. The number of nitrogens with zero attached hydrogens (tertiary/aromatic N) is 3. The molecule has 3 aromatic rings. The number of hydrogen-bond donors (Lipinski definition) is 0. The number of alkyl halides is 2. The number of benzene rings is 1. The second kappa shape index (κ2) is 8.24. The van der Waals surface area contributed by atoms with Gasteiger partial charge >= 0.3 is 6.61 Å². The first kappa shape index (κ1) is 18.8. The van der Waals surface area contributed by atoms with Crippen molar-refractivity contribution in [1.29, 1.82) is 0 Å². The predicted molar refractivity (Wildman–Crippen MR) is 101 cm³/mol. The number of aryl methyl sites for hydroxylation is 1. The first-order chi connectivity index (χ1) is 13.6. The molecule has 0 spiro atoms. The van der Waals surface area contributed by atoms with Gasteiger partial charge in [-0.1, -0.05) is 18.2 Å². The van der Waals surface area contributed by atoms with Gasteiger partial charge in [0.15, 0.2) is 0 Å². The van der Waals surface area contributed by atoms with E-state index in [-0.39, 0.29) is 6.10 Å². The van der Waals surface area contributed by atoms with Crippen LogP contribution in [0.4, 0.5) is 8.78 Å². The Morgan fingerprint density at radius 2 is 2.04 bits per heavy atom. The Morgan fingerprint density at radius 1 is 1.21 bits per heavy atom. The fourth-order valence-corrected chi connectivity index (χ4v) is 3.58. The van der Waals surface area contributed by atoms with Crippen LogP contribution in [0.3, 0.4) is 0 Å². The minimum Gasteiger partial charge on any atom is -0.487 e. The second-order valence-corrected chi connectivity index (χ2v) is 7.13. The van der Waals surface area contributed by atoms with Gasteiger partial charge in [-0.2, -0.15) is 8.78 Å². The van der Waals surface area contributed by atoms with Gasteiger partial charge in [0.1, 0.15) is 18.0 Å². The fraction of sp³-hybridized carbons (Fsp3) is 0.381. The summed E-state index contributed by atoms with van der Waals surface area (Å²) in [5, 5.41) is 0. The third-order valence-corrected chi connectivity index (χ3v) is 4.97. The van der Waals surface area contributed by atoms with Crippen LogP contribution in [0.15, 0.2) is 48.8 Å². The van der Waals surface area contributed by atoms with Crippen molar-refractivity contribution in [2.75, 3.05) is 13.1 Å². The number of halogens is 2. The van der Waals surface area contributed by atoms with Gasteiger partial charge in [0.25, 0.3) is 0 Å². The van der Waals surface area contributed by atoms with Crippen LogP contribution in [-0.4, -0.2) is 40.1 Å². The summed E-state index contributed by atoms with van der Waals surface area (Å²) in [7, 11) is 0. The summed E-state index contributed by atoms with van der Waals surface area (Å²) >= 11 is 0. The molecule has 28 heavy (non-hydrogen) atoms. The van der Waals surface area contributed by atoms with Crippen LogP contribution in [0.25, 0.3) is 5.65 Å². The zero-order chi connectivity index (χ0) is 19.5. The maximum Gasteiger partial charge on any atom is 0.345 e. The summed E-state index contributed by atoms with van der Waals surface area (Å²) in [6.45, 7) is 1.76. The van der Waals surface area contributed by atoms with E-state index in [0.717, 1.165) is 41.3 Å². The highest BCUT2D eigenvalue weighted by atomic mass is 19.3. The number of likely N-dealkylation sites (tertiary alicyclic amines) is 1. The van der Waals surface area contributed by atoms with Crippen molar-refractivity contribution < 1.29 is 18.3 Å². The molecule has 3 heterocycles. The van der Waals surface area contributed by atoms with E-state index in [1.165, 1.54) is 0 Å². The molecule has 1 aromatic carbocycles. The molecule has 5 nitrogen and oxygen atoms in total. The molecule has 0 aliphatic carbocycles. The lowest BCUT2D eigenvalue weighted by molar-refractivity contribution is -0.158. The Bertz CT molecular complexity index is 927. The van der Waals surface area contributed by atoms with Crippen LogP contribution in [0, 0.1) is 6.92 Å². The third-order valence-electron chi connectivity index (χ3n) is 4.97. The zero-order valence-corrected chi connectivity index (χ0v) is 15.7. The number of fused-ring (bicyclic) bond motifs is 1. The number of aromatic nitrogens is 2. The predicted octanol–water partition coefficient (Wildman–Crippen LogP) is 4.04. The number of pyridine rings is 1. The maximum atomic E-state index is 12.3. The molecule has 1 aliphatic heterocycles. The molecular weight excluding hydrogens is 364 g/mol. The molecule has 0 bridgehead atoms. The zero-order valence-electron chi connectivity index (χ0n) is 15.7. The van der Waals surface area contributed by atoms with E-state index in [4.69, 9.17) is 4.74 Å². The van der Waals surface area contributed by atoms with Crippen LogP contribution < -0.4 is 4.74 Å². The van der Waals surface area contributed by atoms with E-state index >= 15 is 0 Å². The molecule has 0 N–H and O–H groups in total. The number of rotatable bonds is 7. The topological polar surface area (TPSA) is 39.0 Å². The van der Waals surface area contributed by atoms with Gasteiger partial charge in [-0.05, 0) is 42.7 Å². The average molecular weight is 387 g/mol. The molecule has 0 unspecified atom stereocenters. The van der Waals surface area contributed by atoms with Crippen molar-refractivity contribution >= 4 is 5.65 Å². The molecule has 1 saturated heterocycles. The van der Waals surface area contributed by atoms with E-state index in [1.54, 1.807) is 0 Å². The highest BCUT2D eigenvalue weighted by molar-refractivity contribution is 5.47. The molecule has 2 aromatic heterocycles. The van der Waals surface area contributed by atoms with Crippen molar-refractivity contribution in [2.45, 2.75) is 39.2 Å². The van der Waals surface area contributed by atoms with Crippen molar-refractivity contribution in [2.24, 2.45) is 0 Å². The standard InChI is InChI=1S/C21H23F2N3O2/c1-15-3-2-9-26-12-17(24-20(15)26)14-27-18-6-4-16(5-7-18)11-25-10-8-19(13-25)28-21(22)23/h2-7,9,12,19,21H,8,10-11,13-14H2,1H3/t19-/m0/s1. The number of ether oxygens (including phenoxy) is 2. The fourth-order valence-electron chi connectivity index (χ4n) is 3.58. The van der Waals surface area contributed by atoms with Crippen LogP contribution in [0.2, 0.25) is 0 Å². The Hall–Kier alpha value is -2.51. The van der Waals surface area contributed by atoms with Crippen LogP contribution in [-0.2, 0) is 17.9 Å². The van der Waals surface area contributed by atoms with Crippen LogP contribution in [0.5, 0.6) is 5.75 Å². The van der Waals surface area contributed by atoms with Gasteiger partial charge in [-0.25, -0.2) is 4.98 Å². The van der Waals surface area contributed by atoms with Gasteiger partial charge in [0.2, 0.25) is 0 Å². The highest BCUT2D eigenvalue weighted by Crippen LogP contribution is 2.20. The summed E-state index contributed by atoms with van der Waals surface area (Å²) < 4.78 is 37.1. The van der Waals surface area contributed by atoms with Crippen molar-refractivity contribution in [3.8, 4) is 5.75 Å². The molecule has 0 amide bonds. The lowest BCUT2D eigenvalue weighted by atomic mass is 10.2. The lowest BCUT2D eigenvalue weighted by Gasteiger charge is -2.16. The third kappa shape index (κ3) is 4.48. The smallest absolute Gasteiger partial charge is 0.345 e. The van der Waals surface area contributed by atoms with E-state index in [1.807, 2.05) is 60.1 Å². The summed E-state index contributed by atoms with van der Waals surface area (Å²) in [6, 6.07) is 11.9. The minimum absolute atomic E-state index is 0.378. The molecule has 1 aliphatic rings. The van der Waals surface area contributed by atoms with Gasteiger partial charge in [0.05, 0.1) is 11.8 Å². The lowest BCUT2D eigenvalue weighted by Crippen LogP contribution is -2.24. The van der Waals surface area contributed by atoms with E-state index in [2.05, 4.69) is 14.6 Å². The summed E-state index contributed by atoms with van der Waals surface area (Å²) in [6.07, 6.45) is 4.21. The maximum absolute atomic E-state index is 12.3. The Labute approximate surface area is 162 Å². The van der Waals surface area contributed by atoms with Gasteiger partial charge in [-0.3, -0.25) is 4.90 Å². The van der Waals surface area contributed by atoms with E-state index in [9.17, 15) is 8.78 Å². The van der Waals surface area contributed by atoms with Gasteiger partial charge < -0.3 is 13.9 Å². The van der Waals surface area contributed by atoms with Crippen molar-refractivity contribution in [3.63, 3.8) is 0 Å². The molecular formula is C21H23F2N3O2. The summed E-state index contributed by atoms with van der Waals surface area (Å²) in [5.41, 5.74) is 4.06. The number of imidazole rings is 1. The molecule has 1 fully saturated rings. The Kier molecular flexibility index (Phi) is 5.54. The molecule has 7 heteroatoms. The number of hydrogen-bond acceptors (Lipinski definition) is 4. The summed E-state index contributed by atoms with van der Waals surface area (Å²) in [5.74, 6) is 0.776. The normalized spacial score (nSPS) is 17.6. The molecule has 4 rings (SSSR count). The second-order valence-electron chi connectivity index (χ2n) is 7.13. The van der Waals surface area contributed by atoms with E-state index < -0.39 is 6.61 Å². The Balaban J connectivity index is 1.30. The van der Waals surface area contributed by atoms with Crippen molar-refractivity contribution in [1.82, 2.24) is 14.3 Å².